The number of imidazole rings is 1. The molecule has 118 valence electrons. The molecule has 4 nitrogen and oxygen atoms in total. The van der Waals surface area contributed by atoms with Crippen LogP contribution >= 0.6 is 24.8 Å². The number of nitrogens with zero attached hydrogens (tertiary/aromatic N) is 3. The number of aryl methyl sites for hydroxylation is 1. The van der Waals surface area contributed by atoms with E-state index in [2.05, 4.69) is 53.1 Å². The van der Waals surface area contributed by atoms with Gasteiger partial charge in [-0.3, -0.25) is 4.90 Å². The predicted molar refractivity (Wildman–Crippen MR) is 91.8 cm³/mol. The van der Waals surface area contributed by atoms with Crippen LogP contribution in [0.5, 0.6) is 0 Å². The van der Waals surface area contributed by atoms with Crippen molar-refractivity contribution in [2.45, 2.75) is 32.4 Å². The first-order valence-electron chi connectivity index (χ1n) is 7.08. The second-order valence-electron chi connectivity index (χ2n) is 5.54. The molecular formula is C15H24Cl2N4. The Kier molecular flexibility index (Phi) is 6.94. The number of fused-ring (bicyclic) bond motifs is 1. The van der Waals surface area contributed by atoms with Crippen LogP contribution in [0.25, 0.3) is 5.65 Å². The Hall–Kier alpha value is -0.810. The normalized spacial score (nSPS) is 16.5. The van der Waals surface area contributed by atoms with Crippen LogP contribution in [0, 0.1) is 6.92 Å². The standard InChI is InChI=1S/C15H22N4.2ClH/c1-12-3-4-15-17-14(11-19(15)9-12)10-18-7-5-13(16-2)6-8-18;;/h3-4,9,11,13,16H,5-8,10H2,1-2H3;2*1H. The van der Waals surface area contributed by atoms with Gasteiger partial charge in [0.2, 0.25) is 0 Å². The molecule has 2 aromatic heterocycles. The number of likely N-dealkylation sites (tertiary alicyclic amines) is 1. The molecule has 0 spiro atoms. The second-order valence-corrected chi connectivity index (χ2v) is 5.54. The number of pyridine rings is 1. The van der Waals surface area contributed by atoms with Crippen molar-refractivity contribution in [1.29, 1.82) is 0 Å². The van der Waals surface area contributed by atoms with E-state index in [0.29, 0.717) is 6.04 Å². The van der Waals surface area contributed by atoms with Crippen LogP contribution in [0.4, 0.5) is 0 Å². The molecule has 0 radical (unpaired) electrons. The lowest BCUT2D eigenvalue weighted by molar-refractivity contribution is 0.193. The summed E-state index contributed by atoms with van der Waals surface area (Å²) in [5.74, 6) is 0. The highest BCUT2D eigenvalue weighted by atomic mass is 35.5. The molecule has 0 aromatic carbocycles. The largest absolute Gasteiger partial charge is 0.317 e. The van der Waals surface area contributed by atoms with Crippen molar-refractivity contribution in [1.82, 2.24) is 19.6 Å². The molecule has 1 saturated heterocycles. The molecule has 1 aliphatic heterocycles. The van der Waals surface area contributed by atoms with Crippen LogP contribution in [-0.4, -0.2) is 40.5 Å². The van der Waals surface area contributed by atoms with Gasteiger partial charge >= 0.3 is 0 Å². The molecule has 6 heteroatoms. The Morgan fingerprint density at radius 2 is 1.90 bits per heavy atom. The van der Waals surface area contributed by atoms with E-state index in [1.165, 1.54) is 37.2 Å². The number of nitrogens with one attached hydrogen (secondary N) is 1. The maximum Gasteiger partial charge on any atom is 0.137 e. The predicted octanol–water partition coefficient (Wildman–Crippen LogP) is 2.67. The lowest BCUT2D eigenvalue weighted by atomic mass is 10.1. The van der Waals surface area contributed by atoms with E-state index in [-0.39, 0.29) is 24.8 Å². The van der Waals surface area contributed by atoms with Crippen LogP contribution < -0.4 is 5.32 Å². The van der Waals surface area contributed by atoms with Crippen LogP contribution in [0.2, 0.25) is 0 Å². The average molecular weight is 331 g/mol. The fraction of sp³-hybridized carbons (Fsp3) is 0.533. The zero-order chi connectivity index (χ0) is 13.2. The van der Waals surface area contributed by atoms with Gasteiger partial charge in [-0.15, -0.1) is 24.8 Å². The molecule has 3 rings (SSSR count). The van der Waals surface area contributed by atoms with Crippen molar-refractivity contribution in [3.8, 4) is 0 Å². The third-order valence-electron chi connectivity index (χ3n) is 4.03. The molecule has 0 amide bonds. The summed E-state index contributed by atoms with van der Waals surface area (Å²) in [5.41, 5.74) is 3.49. The molecule has 1 fully saturated rings. The second kappa shape index (κ2) is 7.99. The molecular weight excluding hydrogens is 307 g/mol. The third kappa shape index (κ3) is 4.33. The van der Waals surface area contributed by atoms with Crippen LogP contribution in [0.1, 0.15) is 24.1 Å². The molecule has 0 unspecified atom stereocenters. The number of aromatic nitrogens is 2. The van der Waals surface area contributed by atoms with Gasteiger partial charge in [0.25, 0.3) is 0 Å². The van der Waals surface area contributed by atoms with Crippen LogP contribution in [0.3, 0.4) is 0 Å². The van der Waals surface area contributed by atoms with Crippen LogP contribution in [-0.2, 0) is 6.54 Å². The summed E-state index contributed by atoms with van der Waals surface area (Å²) in [6.45, 7) is 5.41. The minimum atomic E-state index is 0. The highest BCUT2D eigenvalue weighted by Crippen LogP contribution is 2.14. The molecule has 1 N–H and O–H groups in total. The van der Waals surface area contributed by atoms with Gasteiger partial charge < -0.3 is 9.72 Å². The maximum atomic E-state index is 4.69. The topological polar surface area (TPSA) is 32.6 Å². The number of hydrogen-bond donors (Lipinski definition) is 1. The van der Waals surface area contributed by atoms with Crippen molar-refractivity contribution in [3.63, 3.8) is 0 Å². The summed E-state index contributed by atoms with van der Waals surface area (Å²) < 4.78 is 2.13. The van der Waals surface area contributed by atoms with Gasteiger partial charge in [0.1, 0.15) is 5.65 Å². The van der Waals surface area contributed by atoms with E-state index in [9.17, 15) is 0 Å². The van der Waals surface area contributed by atoms with Crippen LogP contribution in [0.15, 0.2) is 24.5 Å². The number of piperidine rings is 1. The van der Waals surface area contributed by atoms with E-state index >= 15 is 0 Å². The summed E-state index contributed by atoms with van der Waals surface area (Å²) in [7, 11) is 2.06. The maximum absolute atomic E-state index is 4.69. The fourth-order valence-corrected chi connectivity index (χ4v) is 2.84. The summed E-state index contributed by atoms with van der Waals surface area (Å²) >= 11 is 0. The molecule has 1 aliphatic rings. The van der Waals surface area contributed by atoms with Gasteiger partial charge in [-0.1, -0.05) is 6.07 Å². The van der Waals surface area contributed by atoms with Crippen molar-refractivity contribution >= 4 is 30.5 Å². The zero-order valence-corrected chi connectivity index (χ0v) is 14.2. The number of halogens is 2. The molecule has 0 atom stereocenters. The Morgan fingerprint density at radius 1 is 1.19 bits per heavy atom. The quantitative estimate of drug-likeness (QED) is 0.939. The molecule has 2 aromatic rings. The monoisotopic (exact) mass is 330 g/mol. The smallest absolute Gasteiger partial charge is 0.137 e. The number of hydrogen-bond acceptors (Lipinski definition) is 3. The van der Waals surface area contributed by atoms with Crippen molar-refractivity contribution in [2.75, 3.05) is 20.1 Å². The molecule has 21 heavy (non-hydrogen) atoms. The van der Waals surface area contributed by atoms with E-state index in [1.807, 2.05) is 0 Å². The van der Waals surface area contributed by atoms with E-state index in [1.54, 1.807) is 0 Å². The first-order valence-corrected chi connectivity index (χ1v) is 7.08. The van der Waals surface area contributed by atoms with Crippen molar-refractivity contribution < 1.29 is 0 Å². The van der Waals surface area contributed by atoms with Gasteiger partial charge in [-0.25, -0.2) is 4.98 Å². The Morgan fingerprint density at radius 3 is 2.57 bits per heavy atom. The summed E-state index contributed by atoms with van der Waals surface area (Å²) in [4.78, 5) is 7.20. The lowest BCUT2D eigenvalue weighted by Gasteiger charge is -2.31. The number of rotatable bonds is 3. The Balaban J connectivity index is 0.00000110. The van der Waals surface area contributed by atoms with Gasteiger partial charge in [-0.05, 0) is 38.4 Å². The first kappa shape index (κ1) is 18.2. The summed E-state index contributed by atoms with van der Waals surface area (Å²) in [6, 6.07) is 4.90. The highest BCUT2D eigenvalue weighted by molar-refractivity contribution is 5.85. The van der Waals surface area contributed by atoms with E-state index in [4.69, 9.17) is 4.98 Å². The molecule has 0 bridgehead atoms. The minimum absolute atomic E-state index is 0. The van der Waals surface area contributed by atoms with Gasteiger partial charge in [0, 0.05) is 38.1 Å². The highest BCUT2D eigenvalue weighted by Gasteiger charge is 2.18. The minimum Gasteiger partial charge on any atom is -0.317 e. The summed E-state index contributed by atoms with van der Waals surface area (Å²) in [5, 5.41) is 3.37. The fourth-order valence-electron chi connectivity index (χ4n) is 2.84. The third-order valence-corrected chi connectivity index (χ3v) is 4.03. The lowest BCUT2D eigenvalue weighted by Crippen LogP contribution is -2.40. The molecule has 0 aliphatic carbocycles. The van der Waals surface area contributed by atoms with Gasteiger partial charge in [0.15, 0.2) is 0 Å². The molecule has 0 saturated carbocycles. The Bertz CT molecular complexity index is 562. The average Bonchev–Trinajstić information content (AvgIpc) is 2.81. The zero-order valence-electron chi connectivity index (χ0n) is 12.6. The SMILES string of the molecule is CNC1CCN(Cc2cn3cc(C)ccc3n2)CC1.Cl.Cl. The Labute approximate surface area is 138 Å². The van der Waals surface area contributed by atoms with Gasteiger partial charge in [-0.2, -0.15) is 0 Å². The van der Waals surface area contributed by atoms with Crippen molar-refractivity contribution in [3.05, 3.63) is 35.8 Å². The van der Waals surface area contributed by atoms with Crippen molar-refractivity contribution in [2.24, 2.45) is 0 Å². The van der Waals surface area contributed by atoms with Gasteiger partial charge in [0.05, 0.1) is 5.69 Å². The van der Waals surface area contributed by atoms with E-state index in [0.717, 1.165) is 12.2 Å². The van der Waals surface area contributed by atoms with E-state index < -0.39 is 0 Å². The molecule has 3 heterocycles. The first-order chi connectivity index (χ1) is 9.24. The summed E-state index contributed by atoms with van der Waals surface area (Å²) in [6.07, 6.45) is 6.78.